The average Bonchev–Trinajstić information content (AvgIpc) is 2.87. The van der Waals surface area contributed by atoms with Crippen LogP contribution < -0.4 is 0 Å². The second-order valence-corrected chi connectivity index (χ2v) is 5.39. The molecule has 0 saturated carbocycles. The van der Waals surface area contributed by atoms with Crippen LogP contribution in [0.15, 0.2) is 48.5 Å². The van der Waals surface area contributed by atoms with Crippen LogP contribution in [-0.4, -0.2) is 14.9 Å². The summed E-state index contributed by atoms with van der Waals surface area (Å²) in [4.78, 5) is 0. The minimum absolute atomic E-state index is 0.517. The van der Waals surface area contributed by atoms with Crippen molar-refractivity contribution in [2.45, 2.75) is 25.9 Å². The second-order valence-electron chi connectivity index (χ2n) is 5.39. The number of benzene rings is 2. The standard InChI is InChI=1S/C18H20N2O/c1-3-14-11-15(20(2)19-14)12-18(21)17-10-6-8-13-7-4-5-9-16(13)17/h4-11,18,21H,3,12H2,1-2H3. The largest absolute Gasteiger partial charge is 0.388 e. The molecule has 0 spiro atoms. The maximum atomic E-state index is 10.6. The molecule has 3 rings (SSSR count). The van der Waals surface area contributed by atoms with E-state index in [2.05, 4.69) is 36.3 Å². The van der Waals surface area contributed by atoms with E-state index in [0.29, 0.717) is 6.42 Å². The quantitative estimate of drug-likeness (QED) is 0.795. The van der Waals surface area contributed by atoms with Gasteiger partial charge in [0, 0.05) is 19.2 Å². The van der Waals surface area contributed by atoms with E-state index in [4.69, 9.17) is 0 Å². The molecule has 3 heteroatoms. The smallest absolute Gasteiger partial charge is 0.0851 e. The number of aliphatic hydroxyl groups is 1. The van der Waals surface area contributed by atoms with Gasteiger partial charge in [-0.3, -0.25) is 4.68 Å². The molecule has 0 aliphatic heterocycles. The molecule has 0 amide bonds. The summed E-state index contributed by atoms with van der Waals surface area (Å²) in [5.41, 5.74) is 3.11. The first kappa shape index (κ1) is 13.8. The van der Waals surface area contributed by atoms with E-state index in [0.717, 1.165) is 34.1 Å². The number of fused-ring (bicyclic) bond motifs is 1. The first-order valence-electron chi connectivity index (χ1n) is 7.36. The zero-order valence-electron chi connectivity index (χ0n) is 12.5. The molecule has 0 aliphatic carbocycles. The highest BCUT2D eigenvalue weighted by Crippen LogP contribution is 2.26. The van der Waals surface area contributed by atoms with E-state index < -0.39 is 6.10 Å². The van der Waals surface area contributed by atoms with Crippen molar-refractivity contribution in [1.29, 1.82) is 0 Å². The van der Waals surface area contributed by atoms with E-state index in [1.807, 2.05) is 36.0 Å². The molecule has 1 aromatic heterocycles. The van der Waals surface area contributed by atoms with Crippen molar-refractivity contribution >= 4 is 10.8 Å². The Morgan fingerprint density at radius 3 is 2.67 bits per heavy atom. The minimum Gasteiger partial charge on any atom is -0.388 e. The molecule has 0 radical (unpaired) electrons. The molecule has 2 aromatic carbocycles. The predicted molar refractivity (Wildman–Crippen MR) is 85.2 cm³/mol. The van der Waals surface area contributed by atoms with Gasteiger partial charge < -0.3 is 5.11 Å². The second kappa shape index (κ2) is 5.70. The molecular formula is C18H20N2O. The third-order valence-corrected chi connectivity index (χ3v) is 3.97. The number of aromatic nitrogens is 2. The van der Waals surface area contributed by atoms with E-state index in [9.17, 15) is 5.11 Å². The summed E-state index contributed by atoms with van der Waals surface area (Å²) in [6.07, 6.45) is 0.978. The summed E-state index contributed by atoms with van der Waals surface area (Å²) in [7, 11) is 1.93. The van der Waals surface area contributed by atoms with Crippen molar-refractivity contribution in [3.8, 4) is 0 Å². The molecule has 0 aliphatic rings. The van der Waals surface area contributed by atoms with E-state index in [1.54, 1.807) is 0 Å². The van der Waals surface area contributed by atoms with Gasteiger partial charge in [-0.1, -0.05) is 49.4 Å². The number of nitrogens with zero attached hydrogens (tertiary/aromatic N) is 2. The van der Waals surface area contributed by atoms with Crippen LogP contribution in [0.1, 0.15) is 30.0 Å². The van der Waals surface area contributed by atoms with Gasteiger partial charge in [-0.2, -0.15) is 5.10 Å². The summed E-state index contributed by atoms with van der Waals surface area (Å²) in [6, 6.07) is 16.3. The summed E-state index contributed by atoms with van der Waals surface area (Å²) < 4.78 is 1.87. The molecule has 0 fully saturated rings. The highest BCUT2D eigenvalue weighted by atomic mass is 16.3. The fourth-order valence-electron chi connectivity index (χ4n) is 2.78. The maximum Gasteiger partial charge on any atom is 0.0851 e. The Labute approximate surface area is 124 Å². The van der Waals surface area contributed by atoms with Crippen molar-refractivity contribution in [2.24, 2.45) is 7.05 Å². The molecule has 0 saturated heterocycles. The predicted octanol–water partition coefficient (Wildman–Crippen LogP) is 3.41. The van der Waals surface area contributed by atoms with Gasteiger partial charge in [0.25, 0.3) is 0 Å². The molecule has 3 aromatic rings. The van der Waals surface area contributed by atoms with Gasteiger partial charge in [0.15, 0.2) is 0 Å². The highest BCUT2D eigenvalue weighted by molar-refractivity contribution is 5.85. The third kappa shape index (κ3) is 2.69. The monoisotopic (exact) mass is 280 g/mol. The van der Waals surface area contributed by atoms with Crippen molar-refractivity contribution in [1.82, 2.24) is 9.78 Å². The Bertz CT molecular complexity index is 756. The lowest BCUT2D eigenvalue weighted by molar-refractivity contribution is 0.177. The molecule has 1 atom stereocenters. The Balaban J connectivity index is 1.93. The lowest BCUT2D eigenvalue weighted by atomic mass is 9.98. The zero-order chi connectivity index (χ0) is 14.8. The fraction of sp³-hybridized carbons (Fsp3) is 0.278. The van der Waals surface area contributed by atoms with Crippen molar-refractivity contribution in [2.75, 3.05) is 0 Å². The SMILES string of the molecule is CCc1cc(CC(O)c2cccc3ccccc23)n(C)n1. The molecule has 1 unspecified atom stereocenters. The minimum atomic E-state index is -0.517. The van der Waals surface area contributed by atoms with Crippen LogP contribution in [0.3, 0.4) is 0 Å². The lowest BCUT2D eigenvalue weighted by Gasteiger charge is -2.14. The molecule has 1 heterocycles. The number of aliphatic hydroxyl groups excluding tert-OH is 1. The maximum absolute atomic E-state index is 10.6. The van der Waals surface area contributed by atoms with Crippen molar-refractivity contribution in [3.63, 3.8) is 0 Å². The van der Waals surface area contributed by atoms with E-state index in [1.165, 1.54) is 0 Å². The molecule has 108 valence electrons. The number of hydrogen-bond donors (Lipinski definition) is 1. The average molecular weight is 280 g/mol. The van der Waals surface area contributed by atoms with Gasteiger partial charge in [-0.05, 0) is 28.8 Å². The first-order chi connectivity index (χ1) is 10.2. The van der Waals surface area contributed by atoms with Gasteiger partial charge in [0.1, 0.15) is 0 Å². The Hall–Kier alpha value is -2.13. The molecule has 1 N–H and O–H groups in total. The summed E-state index contributed by atoms with van der Waals surface area (Å²) in [5.74, 6) is 0. The molecule has 3 nitrogen and oxygen atoms in total. The number of aryl methyl sites for hydroxylation is 2. The van der Waals surface area contributed by atoms with E-state index >= 15 is 0 Å². The fourth-order valence-corrected chi connectivity index (χ4v) is 2.78. The third-order valence-electron chi connectivity index (χ3n) is 3.97. The number of hydrogen-bond acceptors (Lipinski definition) is 2. The Morgan fingerprint density at radius 1 is 1.14 bits per heavy atom. The zero-order valence-corrected chi connectivity index (χ0v) is 12.5. The van der Waals surface area contributed by atoms with Crippen LogP contribution in [0.4, 0.5) is 0 Å². The highest BCUT2D eigenvalue weighted by Gasteiger charge is 2.14. The Kier molecular flexibility index (Phi) is 3.76. The van der Waals surface area contributed by atoms with Crippen LogP contribution in [0.5, 0.6) is 0 Å². The van der Waals surface area contributed by atoms with Crippen LogP contribution >= 0.6 is 0 Å². The lowest BCUT2D eigenvalue weighted by Crippen LogP contribution is -2.06. The topological polar surface area (TPSA) is 38.0 Å². The summed E-state index contributed by atoms with van der Waals surface area (Å²) in [6.45, 7) is 2.09. The van der Waals surface area contributed by atoms with E-state index in [-0.39, 0.29) is 0 Å². The Morgan fingerprint density at radius 2 is 1.90 bits per heavy atom. The summed E-state index contributed by atoms with van der Waals surface area (Å²) in [5, 5.41) is 17.4. The van der Waals surface area contributed by atoms with Gasteiger partial charge in [0.2, 0.25) is 0 Å². The van der Waals surface area contributed by atoms with Crippen LogP contribution in [-0.2, 0) is 19.9 Å². The van der Waals surface area contributed by atoms with Gasteiger partial charge in [0.05, 0.1) is 11.8 Å². The first-order valence-corrected chi connectivity index (χ1v) is 7.36. The number of rotatable bonds is 4. The van der Waals surface area contributed by atoms with Crippen molar-refractivity contribution < 1.29 is 5.11 Å². The molecule has 0 bridgehead atoms. The van der Waals surface area contributed by atoms with Gasteiger partial charge in [-0.25, -0.2) is 0 Å². The van der Waals surface area contributed by atoms with Gasteiger partial charge in [-0.15, -0.1) is 0 Å². The van der Waals surface area contributed by atoms with Gasteiger partial charge >= 0.3 is 0 Å². The van der Waals surface area contributed by atoms with Crippen LogP contribution in [0.25, 0.3) is 10.8 Å². The van der Waals surface area contributed by atoms with Crippen molar-refractivity contribution in [3.05, 3.63) is 65.5 Å². The van der Waals surface area contributed by atoms with Crippen LogP contribution in [0.2, 0.25) is 0 Å². The van der Waals surface area contributed by atoms with Crippen LogP contribution in [0, 0.1) is 0 Å². The normalized spacial score (nSPS) is 12.7. The summed E-state index contributed by atoms with van der Waals surface area (Å²) >= 11 is 0. The molecule has 21 heavy (non-hydrogen) atoms. The molecular weight excluding hydrogens is 260 g/mol.